The summed E-state index contributed by atoms with van der Waals surface area (Å²) in [6.07, 6.45) is 8.95. The summed E-state index contributed by atoms with van der Waals surface area (Å²) in [5.74, 6) is -0.859. The zero-order valence-corrected chi connectivity index (χ0v) is 17.6. The van der Waals surface area contributed by atoms with Crippen molar-refractivity contribution in [1.29, 1.82) is 0 Å². The van der Waals surface area contributed by atoms with Crippen LogP contribution in [0.15, 0.2) is 54.0 Å². The molecule has 0 aromatic heterocycles. The van der Waals surface area contributed by atoms with Gasteiger partial charge in [0, 0.05) is 24.0 Å². The highest BCUT2D eigenvalue weighted by Crippen LogP contribution is 2.39. The smallest absolute Gasteiger partial charge is 0.236 e. The van der Waals surface area contributed by atoms with Gasteiger partial charge in [0.25, 0.3) is 0 Å². The standard InChI is InChI=1S/C21H25F2N3O2S/c1-21(2,3)29(27,28)26-12-9-17-14-16(8-11-25(17)26)24-10-4-5-20(24)18-13-15(22)6-7-19(18)23/h6-9,11,13-14,20H,4-5,10,12H2,1-3H3. The lowest BCUT2D eigenvalue weighted by Gasteiger charge is -2.36. The summed E-state index contributed by atoms with van der Waals surface area (Å²) in [6, 6.07) is 3.32. The van der Waals surface area contributed by atoms with Gasteiger partial charge in [-0.1, -0.05) is 0 Å². The topological polar surface area (TPSA) is 43.9 Å². The van der Waals surface area contributed by atoms with Crippen LogP contribution in [0.4, 0.5) is 8.78 Å². The Morgan fingerprint density at radius 3 is 2.62 bits per heavy atom. The molecule has 1 aromatic rings. The van der Waals surface area contributed by atoms with Crippen molar-refractivity contribution < 1.29 is 17.2 Å². The molecular formula is C21H25F2N3O2S. The predicted molar refractivity (Wildman–Crippen MR) is 108 cm³/mol. The van der Waals surface area contributed by atoms with Crippen LogP contribution in [0, 0.1) is 11.6 Å². The molecule has 5 nitrogen and oxygen atoms in total. The largest absolute Gasteiger partial charge is 0.364 e. The molecule has 1 aromatic carbocycles. The van der Waals surface area contributed by atoms with Gasteiger partial charge in [0.15, 0.2) is 0 Å². The fourth-order valence-electron chi connectivity index (χ4n) is 3.99. The van der Waals surface area contributed by atoms with Crippen LogP contribution in [-0.4, -0.2) is 40.6 Å². The van der Waals surface area contributed by atoms with E-state index in [1.807, 2.05) is 18.2 Å². The monoisotopic (exact) mass is 421 g/mol. The van der Waals surface area contributed by atoms with Gasteiger partial charge in [-0.15, -0.1) is 4.41 Å². The van der Waals surface area contributed by atoms with Crippen molar-refractivity contribution in [1.82, 2.24) is 14.3 Å². The molecule has 8 heteroatoms. The van der Waals surface area contributed by atoms with Gasteiger partial charge in [-0.3, -0.25) is 5.01 Å². The van der Waals surface area contributed by atoms with Crippen LogP contribution in [0.25, 0.3) is 0 Å². The van der Waals surface area contributed by atoms with E-state index in [-0.39, 0.29) is 12.6 Å². The molecule has 1 atom stereocenters. The number of hydrazine groups is 1. The van der Waals surface area contributed by atoms with Crippen molar-refractivity contribution in [3.05, 3.63) is 71.2 Å². The van der Waals surface area contributed by atoms with E-state index in [1.54, 1.807) is 32.0 Å². The van der Waals surface area contributed by atoms with Crippen molar-refractivity contribution in [2.75, 3.05) is 13.1 Å². The minimum atomic E-state index is -3.53. The fraction of sp³-hybridized carbons (Fsp3) is 0.429. The van der Waals surface area contributed by atoms with E-state index in [9.17, 15) is 17.2 Å². The Hall–Kier alpha value is -2.19. The van der Waals surface area contributed by atoms with Crippen LogP contribution in [0.2, 0.25) is 0 Å². The molecule has 1 unspecified atom stereocenters. The molecule has 1 fully saturated rings. The minimum absolute atomic E-state index is 0.246. The SMILES string of the molecule is CC(C)(C)S(=O)(=O)N1CC=C2C=C(N3CCCC3c3cc(F)ccc3F)C=CN21. The third-order valence-corrected chi connectivity index (χ3v) is 8.02. The normalized spacial score (nSPS) is 22.7. The summed E-state index contributed by atoms with van der Waals surface area (Å²) in [5.41, 5.74) is 1.99. The number of hydrogen-bond acceptors (Lipinski definition) is 4. The van der Waals surface area contributed by atoms with Crippen molar-refractivity contribution in [2.45, 2.75) is 44.4 Å². The molecule has 0 amide bonds. The number of rotatable bonds is 3. The van der Waals surface area contributed by atoms with E-state index >= 15 is 0 Å². The second-order valence-electron chi connectivity index (χ2n) is 8.50. The van der Waals surface area contributed by atoms with Gasteiger partial charge in [0.05, 0.1) is 23.0 Å². The lowest BCUT2D eigenvalue weighted by molar-refractivity contribution is 0.200. The summed E-state index contributed by atoms with van der Waals surface area (Å²) < 4.78 is 54.2. The van der Waals surface area contributed by atoms with E-state index in [1.165, 1.54) is 16.5 Å². The van der Waals surface area contributed by atoms with Crippen LogP contribution >= 0.6 is 0 Å². The maximum atomic E-state index is 14.3. The zero-order chi connectivity index (χ0) is 21.0. The average molecular weight is 422 g/mol. The molecule has 0 saturated carbocycles. The average Bonchev–Trinajstić information content (AvgIpc) is 3.29. The Kier molecular flexibility index (Phi) is 4.82. The van der Waals surface area contributed by atoms with Crippen molar-refractivity contribution >= 4 is 10.0 Å². The van der Waals surface area contributed by atoms with Crippen LogP contribution < -0.4 is 0 Å². The van der Waals surface area contributed by atoms with Crippen molar-refractivity contribution in [3.8, 4) is 0 Å². The fourth-order valence-corrected chi connectivity index (χ4v) is 5.28. The maximum Gasteiger partial charge on any atom is 0.236 e. The molecule has 1 saturated heterocycles. The summed E-state index contributed by atoms with van der Waals surface area (Å²) >= 11 is 0. The van der Waals surface area contributed by atoms with Gasteiger partial charge < -0.3 is 4.90 Å². The van der Waals surface area contributed by atoms with E-state index in [4.69, 9.17) is 0 Å². The second kappa shape index (κ2) is 6.95. The van der Waals surface area contributed by atoms with Gasteiger partial charge >= 0.3 is 0 Å². The Labute approximate surface area is 170 Å². The van der Waals surface area contributed by atoms with Gasteiger partial charge in [-0.05, 0) is 70.0 Å². The number of halogens is 2. The molecule has 0 aliphatic carbocycles. The Morgan fingerprint density at radius 1 is 1.14 bits per heavy atom. The zero-order valence-electron chi connectivity index (χ0n) is 16.8. The number of nitrogens with zero attached hydrogens (tertiary/aromatic N) is 3. The minimum Gasteiger partial charge on any atom is -0.364 e. The van der Waals surface area contributed by atoms with Gasteiger partial charge in [-0.2, -0.15) is 0 Å². The summed E-state index contributed by atoms with van der Waals surface area (Å²) in [5, 5.41) is 1.64. The van der Waals surface area contributed by atoms with Crippen LogP contribution in [0.1, 0.15) is 45.2 Å². The van der Waals surface area contributed by atoms with E-state index in [0.29, 0.717) is 5.56 Å². The lowest BCUT2D eigenvalue weighted by Crippen LogP contribution is -2.47. The van der Waals surface area contributed by atoms with E-state index in [0.717, 1.165) is 36.8 Å². The third-order valence-electron chi connectivity index (χ3n) is 5.60. The molecule has 0 radical (unpaired) electrons. The van der Waals surface area contributed by atoms with Gasteiger partial charge in [-0.25, -0.2) is 17.2 Å². The summed E-state index contributed by atoms with van der Waals surface area (Å²) in [7, 11) is -3.53. The number of benzene rings is 1. The molecule has 29 heavy (non-hydrogen) atoms. The van der Waals surface area contributed by atoms with Gasteiger partial charge in [0.1, 0.15) is 11.6 Å². The molecule has 3 aliphatic rings. The molecule has 0 spiro atoms. The van der Waals surface area contributed by atoms with Gasteiger partial charge in [0.2, 0.25) is 10.0 Å². The Morgan fingerprint density at radius 2 is 1.90 bits per heavy atom. The quantitative estimate of drug-likeness (QED) is 0.738. The third kappa shape index (κ3) is 3.38. The molecule has 0 bridgehead atoms. The second-order valence-corrected chi connectivity index (χ2v) is 11.1. The number of likely N-dealkylation sites (tertiary alicyclic amines) is 1. The van der Waals surface area contributed by atoms with Crippen molar-refractivity contribution in [2.24, 2.45) is 0 Å². The predicted octanol–water partition coefficient (Wildman–Crippen LogP) is 4.06. The van der Waals surface area contributed by atoms with E-state index in [2.05, 4.69) is 4.90 Å². The number of allylic oxidation sites excluding steroid dienone is 2. The van der Waals surface area contributed by atoms with E-state index < -0.39 is 26.4 Å². The first-order chi connectivity index (χ1) is 13.6. The Balaban J connectivity index is 1.60. The molecular weight excluding hydrogens is 396 g/mol. The Bertz CT molecular complexity index is 1020. The maximum absolute atomic E-state index is 14.3. The summed E-state index contributed by atoms with van der Waals surface area (Å²) in [4.78, 5) is 2.06. The highest BCUT2D eigenvalue weighted by atomic mass is 32.2. The highest BCUT2D eigenvalue weighted by molar-refractivity contribution is 7.90. The first-order valence-corrected chi connectivity index (χ1v) is 11.2. The number of hydrogen-bond donors (Lipinski definition) is 0. The summed E-state index contributed by atoms with van der Waals surface area (Å²) in [6.45, 7) is 6.03. The van der Waals surface area contributed by atoms with Crippen LogP contribution in [-0.2, 0) is 10.0 Å². The number of fused-ring (bicyclic) bond motifs is 1. The first-order valence-electron chi connectivity index (χ1n) is 9.73. The van der Waals surface area contributed by atoms with Crippen LogP contribution in [0.5, 0.6) is 0 Å². The highest BCUT2D eigenvalue weighted by Gasteiger charge is 2.41. The lowest BCUT2D eigenvalue weighted by atomic mass is 10.0. The molecule has 0 N–H and O–H groups in total. The van der Waals surface area contributed by atoms with Crippen molar-refractivity contribution in [3.63, 3.8) is 0 Å². The first kappa shape index (κ1) is 20.1. The molecule has 3 aliphatic heterocycles. The number of sulfonamides is 1. The van der Waals surface area contributed by atoms with Crippen LogP contribution in [0.3, 0.4) is 0 Å². The molecule has 4 rings (SSSR count). The molecule has 156 valence electrons. The molecule has 3 heterocycles.